The van der Waals surface area contributed by atoms with Crippen molar-refractivity contribution in [3.63, 3.8) is 0 Å². The lowest BCUT2D eigenvalue weighted by molar-refractivity contribution is -0.145. The van der Waals surface area contributed by atoms with Crippen LogP contribution in [0.5, 0.6) is 11.5 Å². The van der Waals surface area contributed by atoms with Crippen LogP contribution in [0, 0.1) is 0 Å². The molecule has 29 heavy (non-hydrogen) atoms. The molecular formula is C23H18N2O4. The van der Waals surface area contributed by atoms with E-state index in [1.807, 2.05) is 60.7 Å². The predicted octanol–water partition coefficient (Wildman–Crippen LogP) is 3.93. The second-order valence-corrected chi connectivity index (χ2v) is 6.38. The Kier molecular flexibility index (Phi) is 5.33. The molecule has 0 saturated carbocycles. The molecule has 0 radical (unpaired) electrons. The Morgan fingerprint density at radius 2 is 1.62 bits per heavy atom. The van der Waals surface area contributed by atoms with Gasteiger partial charge in [-0.15, -0.1) is 0 Å². The van der Waals surface area contributed by atoms with Crippen LogP contribution in [0.3, 0.4) is 0 Å². The lowest BCUT2D eigenvalue weighted by Crippen LogP contribution is -2.25. The fourth-order valence-corrected chi connectivity index (χ4v) is 2.90. The second kappa shape index (κ2) is 8.39. The Labute approximate surface area is 167 Å². The average Bonchev–Trinajstić information content (AvgIpc) is 2.76. The van der Waals surface area contributed by atoms with Gasteiger partial charge in [0.15, 0.2) is 0 Å². The van der Waals surface area contributed by atoms with Gasteiger partial charge in [-0.05, 0) is 30.3 Å². The molecule has 0 aliphatic carbocycles. The summed E-state index contributed by atoms with van der Waals surface area (Å²) in [5.74, 6) is 0.773. The molecule has 0 fully saturated rings. The smallest absolute Gasteiger partial charge is 0.326 e. The molecule has 4 aromatic rings. The van der Waals surface area contributed by atoms with E-state index in [4.69, 9.17) is 9.47 Å². The van der Waals surface area contributed by atoms with Gasteiger partial charge in [-0.25, -0.2) is 4.98 Å². The zero-order chi connectivity index (χ0) is 20.1. The Bertz CT molecular complexity index is 1200. The van der Waals surface area contributed by atoms with Gasteiger partial charge in [0.05, 0.1) is 17.2 Å². The summed E-state index contributed by atoms with van der Waals surface area (Å²) in [5, 5.41) is 0.462. The van der Waals surface area contributed by atoms with Crippen LogP contribution in [-0.4, -0.2) is 15.5 Å². The first-order chi connectivity index (χ1) is 14.2. The molecule has 1 aromatic heterocycles. The summed E-state index contributed by atoms with van der Waals surface area (Å²) in [4.78, 5) is 29.0. The largest absolute Gasteiger partial charge is 0.459 e. The average molecular weight is 386 g/mol. The zero-order valence-corrected chi connectivity index (χ0v) is 15.5. The molecule has 0 bridgehead atoms. The first kappa shape index (κ1) is 18.4. The Balaban J connectivity index is 1.44. The van der Waals surface area contributed by atoms with Crippen LogP contribution >= 0.6 is 0 Å². The third-order valence-corrected chi connectivity index (χ3v) is 4.36. The molecule has 3 aromatic carbocycles. The molecule has 0 spiro atoms. The highest BCUT2D eigenvalue weighted by atomic mass is 16.5. The van der Waals surface area contributed by atoms with Gasteiger partial charge in [0.2, 0.25) is 0 Å². The Morgan fingerprint density at radius 3 is 2.48 bits per heavy atom. The van der Waals surface area contributed by atoms with Crippen LogP contribution in [0.4, 0.5) is 0 Å². The van der Waals surface area contributed by atoms with E-state index in [-0.39, 0.29) is 18.7 Å². The maximum atomic E-state index is 12.5. The Hall–Kier alpha value is -3.93. The van der Waals surface area contributed by atoms with Crippen LogP contribution in [0.1, 0.15) is 5.56 Å². The first-order valence-corrected chi connectivity index (χ1v) is 9.11. The van der Waals surface area contributed by atoms with E-state index in [9.17, 15) is 9.59 Å². The number of rotatable bonds is 6. The van der Waals surface area contributed by atoms with Crippen molar-refractivity contribution in [1.29, 1.82) is 0 Å². The van der Waals surface area contributed by atoms with Gasteiger partial charge in [0.1, 0.15) is 24.7 Å². The van der Waals surface area contributed by atoms with Crippen LogP contribution in [0.15, 0.2) is 90.0 Å². The van der Waals surface area contributed by atoms with E-state index in [0.29, 0.717) is 22.4 Å². The summed E-state index contributed by atoms with van der Waals surface area (Å²) < 4.78 is 12.5. The summed E-state index contributed by atoms with van der Waals surface area (Å²) in [7, 11) is 0. The monoisotopic (exact) mass is 386 g/mol. The van der Waals surface area contributed by atoms with Crippen LogP contribution in [0.25, 0.3) is 10.9 Å². The number of carbonyl (C=O) groups is 1. The molecule has 1 heterocycles. The molecule has 0 unspecified atom stereocenters. The standard InChI is InChI=1S/C23H18N2O4/c26-22(14-25-16-24-20-12-6-5-11-19(20)23(25)27)28-15-17-8-4-7-13-21(17)29-18-9-2-1-3-10-18/h1-13,16H,14-15H2. The number of nitrogens with zero attached hydrogens (tertiary/aromatic N) is 2. The number of aromatic nitrogens is 2. The minimum absolute atomic E-state index is 0.0393. The topological polar surface area (TPSA) is 70.4 Å². The van der Waals surface area contributed by atoms with Crippen molar-refractivity contribution in [3.8, 4) is 11.5 Å². The van der Waals surface area contributed by atoms with Gasteiger partial charge in [-0.2, -0.15) is 0 Å². The molecule has 0 aliphatic rings. The molecule has 6 nitrogen and oxygen atoms in total. The van der Waals surface area contributed by atoms with E-state index in [0.717, 1.165) is 5.56 Å². The highest BCUT2D eigenvalue weighted by molar-refractivity contribution is 5.77. The van der Waals surface area contributed by atoms with E-state index in [1.165, 1.54) is 10.9 Å². The summed E-state index contributed by atoms with van der Waals surface area (Å²) in [5.41, 5.74) is 1.04. The van der Waals surface area contributed by atoms with Crippen molar-refractivity contribution < 1.29 is 14.3 Å². The lowest BCUT2D eigenvalue weighted by atomic mass is 10.2. The van der Waals surface area contributed by atoms with E-state index in [1.54, 1.807) is 18.2 Å². The number of esters is 1. The maximum Gasteiger partial charge on any atom is 0.326 e. The first-order valence-electron chi connectivity index (χ1n) is 9.11. The van der Waals surface area contributed by atoms with Gasteiger partial charge in [-0.1, -0.05) is 48.5 Å². The molecule has 4 rings (SSSR count). The Morgan fingerprint density at radius 1 is 0.897 bits per heavy atom. The molecule has 0 aliphatic heterocycles. The summed E-state index contributed by atoms with van der Waals surface area (Å²) in [6.45, 7) is -0.171. The normalized spacial score (nSPS) is 10.6. The highest BCUT2D eigenvalue weighted by Crippen LogP contribution is 2.25. The summed E-state index contributed by atoms with van der Waals surface area (Å²) in [6, 6.07) is 23.7. The minimum Gasteiger partial charge on any atom is -0.459 e. The number of hydrogen-bond acceptors (Lipinski definition) is 5. The number of para-hydroxylation sites is 3. The fraction of sp³-hybridized carbons (Fsp3) is 0.0870. The van der Waals surface area contributed by atoms with Crippen LogP contribution in [0.2, 0.25) is 0 Å². The van der Waals surface area contributed by atoms with Gasteiger partial charge < -0.3 is 9.47 Å². The number of fused-ring (bicyclic) bond motifs is 1. The van der Waals surface area contributed by atoms with Gasteiger partial charge in [0.25, 0.3) is 5.56 Å². The van der Waals surface area contributed by atoms with Crippen LogP contribution < -0.4 is 10.3 Å². The molecule has 6 heteroatoms. The molecule has 0 amide bonds. The highest BCUT2D eigenvalue weighted by Gasteiger charge is 2.11. The van der Waals surface area contributed by atoms with E-state index in [2.05, 4.69) is 4.98 Å². The van der Waals surface area contributed by atoms with Gasteiger partial charge in [0, 0.05) is 5.56 Å². The number of ether oxygens (including phenoxy) is 2. The lowest BCUT2D eigenvalue weighted by Gasteiger charge is -2.12. The van der Waals surface area contributed by atoms with Crippen molar-refractivity contribution in [2.24, 2.45) is 0 Å². The van der Waals surface area contributed by atoms with Crippen molar-refractivity contribution in [2.45, 2.75) is 13.2 Å². The zero-order valence-electron chi connectivity index (χ0n) is 15.5. The van der Waals surface area contributed by atoms with Crippen molar-refractivity contribution in [1.82, 2.24) is 9.55 Å². The third-order valence-electron chi connectivity index (χ3n) is 4.36. The van der Waals surface area contributed by atoms with E-state index >= 15 is 0 Å². The SMILES string of the molecule is O=C(Cn1cnc2ccccc2c1=O)OCc1ccccc1Oc1ccccc1. The van der Waals surface area contributed by atoms with Crippen molar-refractivity contribution in [3.05, 3.63) is 101 Å². The number of carbonyl (C=O) groups excluding carboxylic acids is 1. The van der Waals surface area contributed by atoms with Gasteiger partial charge >= 0.3 is 5.97 Å². The molecule has 0 atom stereocenters. The molecule has 0 saturated heterocycles. The van der Waals surface area contributed by atoms with Crippen LogP contribution in [-0.2, 0) is 22.7 Å². The fourth-order valence-electron chi connectivity index (χ4n) is 2.90. The van der Waals surface area contributed by atoms with Crippen molar-refractivity contribution >= 4 is 16.9 Å². The molecule has 144 valence electrons. The predicted molar refractivity (Wildman–Crippen MR) is 109 cm³/mol. The number of hydrogen-bond donors (Lipinski definition) is 0. The number of benzene rings is 3. The summed E-state index contributed by atoms with van der Waals surface area (Å²) >= 11 is 0. The van der Waals surface area contributed by atoms with Gasteiger partial charge in [-0.3, -0.25) is 14.2 Å². The maximum absolute atomic E-state index is 12.5. The molecular weight excluding hydrogens is 368 g/mol. The third kappa shape index (κ3) is 4.32. The molecule has 0 N–H and O–H groups in total. The van der Waals surface area contributed by atoms with Crippen molar-refractivity contribution in [2.75, 3.05) is 0 Å². The summed E-state index contributed by atoms with van der Waals surface area (Å²) in [6.07, 6.45) is 1.36. The van der Waals surface area contributed by atoms with E-state index < -0.39 is 5.97 Å². The minimum atomic E-state index is -0.529. The quantitative estimate of drug-likeness (QED) is 0.470. The second-order valence-electron chi connectivity index (χ2n) is 6.38.